The topological polar surface area (TPSA) is 112 Å². The standard InChI is InChI=1S/C22H32F3N3O4S/c1-20(2,31)17(30)11-27-10-14(9-26)12-28-6-4-21(5-7-28)18-15(3-8-32-21)16(13-29)19(33-18)22(23,24)25/h9-10,17,29-31H,3-8,11-13,26H2,1-2H3/b14-9+,27-10?. The van der Waals surface area contributed by atoms with Crippen LogP contribution < -0.4 is 5.73 Å². The van der Waals surface area contributed by atoms with E-state index in [0.717, 1.165) is 5.57 Å². The van der Waals surface area contributed by atoms with E-state index in [4.69, 9.17) is 10.5 Å². The van der Waals surface area contributed by atoms with Crippen LogP contribution in [0.5, 0.6) is 0 Å². The Hall–Kier alpha value is -1.50. The van der Waals surface area contributed by atoms with Gasteiger partial charge in [0, 0.05) is 36.3 Å². The lowest BCUT2D eigenvalue weighted by molar-refractivity contribution is -0.135. The summed E-state index contributed by atoms with van der Waals surface area (Å²) in [6, 6.07) is 0. The molecule has 3 rings (SSSR count). The highest BCUT2D eigenvalue weighted by Gasteiger charge is 2.47. The van der Waals surface area contributed by atoms with Crippen LogP contribution in [-0.4, -0.2) is 70.9 Å². The summed E-state index contributed by atoms with van der Waals surface area (Å²) in [5, 5.41) is 29.3. The Morgan fingerprint density at radius 1 is 1.33 bits per heavy atom. The maximum atomic E-state index is 13.5. The number of piperidine rings is 1. The Bertz CT molecular complexity index is 885. The van der Waals surface area contributed by atoms with Gasteiger partial charge in [-0.25, -0.2) is 0 Å². The van der Waals surface area contributed by atoms with Gasteiger partial charge < -0.3 is 25.8 Å². The van der Waals surface area contributed by atoms with Crippen molar-refractivity contribution >= 4 is 17.6 Å². The Morgan fingerprint density at radius 2 is 2.00 bits per heavy atom. The molecule has 1 unspecified atom stereocenters. The molecule has 33 heavy (non-hydrogen) atoms. The fourth-order valence-corrected chi connectivity index (χ4v) is 5.70. The molecule has 0 aromatic carbocycles. The first kappa shape index (κ1) is 26.1. The number of aliphatic hydroxyl groups excluding tert-OH is 2. The summed E-state index contributed by atoms with van der Waals surface area (Å²) in [6.45, 7) is 4.45. The smallest absolute Gasteiger partial charge is 0.404 e. The first-order chi connectivity index (χ1) is 15.4. The van der Waals surface area contributed by atoms with Crippen LogP contribution in [0.1, 0.15) is 47.6 Å². The minimum absolute atomic E-state index is 0.00888. The van der Waals surface area contributed by atoms with Gasteiger partial charge in [-0.05, 0) is 50.4 Å². The predicted molar refractivity (Wildman–Crippen MR) is 120 cm³/mol. The fourth-order valence-electron chi connectivity index (χ4n) is 4.27. The average molecular weight is 492 g/mol. The number of ether oxygens (including phenoxy) is 1. The molecular formula is C22H32F3N3O4S. The maximum absolute atomic E-state index is 13.5. The van der Waals surface area contributed by atoms with Gasteiger partial charge in [0.25, 0.3) is 0 Å². The minimum atomic E-state index is -4.50. The second kappa shape index (κ2) is 10.0. The quantitative estimate of drug-likeness (QED) is 0.435. The van der Waals surface area contributed by atoms with Crippen molar-refractivity contribution in [3.8, 4) is 0 Å². The van der Waals surface area contributed by atoms with E-state index in [9.17, 15) is 28.5 Å². The van der Waals surface area contributed by atoms with Gasteiger partial charge in [-0.2, -0.15) is 13.2 Å². The number of thiophene rings is 1. The van der Waals surface area contributed by atoms with E-state index < -0.39 is 35.0 Å². The molecule has 3 heterocycles. The van der Waals surface area contributed by atoms with Crippen molar-refractivity contribution in [2.45, 2.75) is 63.2 Å². The van der Waals surface area contributed by atoms with Crippen LogP contribution >= 0.6 is 11.3 Å². The lowest BCUT2D eigenvalue weighted by atomic mass is 9.84. The number of aliphatic imine (C=N–C) groups is 1. The fraction of sp³-hybridized carbons (Fsp3) is 0.682. The molecule has 7 nitrogen and oxygen atoms in total. The number of halogens is 3. The third-order valence-electron chi connectivity index (χ3n) is 6.31. The normalized spacial score (nSPS) is 21.0. The van der Waals surface area contributed by atoms with Crippen molar-refractivity contribution < 1.29 is 33.2 Å². The number of aliphatic hydroxyl groups is 3. The van der Waals surface area contributed by atoms with Gasteiger partial charge in [-0.3, -0.25) is 9.89 Å². The molecule has 0 radical (unpaired) electrons. The molecule has 1 aromatic rings. The van der Waals surface area contributed by atoms with Crippen molar-refractivity contribution in [3.63, 3.8) is 0 Å². The average Bonchev–Trinajstić information content (AvgIpc) is 3.14. The lowest BCUT2D eigenvalue weighted by Gasteiger charge is -2.44. The summed E-state index contributed by atoms with van der Waals surface area (Å²) in [5.74, 6) is 0. The Labute approximate surface area is 195 Å². The summed E-state index contributed by atoms with van der Waals surface area (Å²) in [4.78, 5) is 6.18. The number of fused-ring (bicyclic) bond motifs is 2. The third kappa shape index (κ3) is 5.77. The van der Waals surface area contributed by atoms with Crippen LogP contribution in [0.3, 0.4) is 0 Å². The van der Waals surface area contributed by atoms with E-state index in [2.05, 4.69) is 9.89 Å². The van der Waals surface area contributed by atoms with E-state index in [0.29, 0.717) is 67.3 Å². The van der Waals surface area contributed by atoms with Crippen LogP contribution in [-0.2, 0) is 29.5 Å². The van der Waals surface area contributed by atoms with Crippen LogP contribution in [0.25, 0.3) is 0 Å². The molecule has 186 valence electrons. The molecule has 2 aliphatic heterocycles. The van der Waals surface area contributed by atoms with Crippen molar-refractivity contribution in [1.82, 2.24) is 4.90 Å². The van der Waals surface area contributed by atoms with E-state index >= 15 is 0 Å². The molecule has 1 fully saturated rings. The molecule has 0 amide bonds. The molecule has 1 aromatic heterocycles. The number of hydrogen-bond acceptors (Lipinski definition) is 8. The monoisotopic (exact) mass is 491 g/mol. The highest BCUT2D eigenvalue weighted by molar-refractivity contribution is 7.12. The zero-order valence-corrected chi connectivity index (χ0v) is 19.7. The van der Waals surface area contributed by atoms with Gasteiger partial charge in [-0.15, -0.1) is 11.3 Å². The van der Waals surface area contributed by atoms with Gasteiger partial charge in [0.2, 0.25) is 0 Å². The summed E-state index contributed by atoms with van der Waals surface area (Å²) in [6.07, 6.45) is -1.06. The second-order valence-corrected chi connectivity index (χ2v) is 10.2. The Balaban J connectivity index is 1.67. The first-order valence-electron chi connectivity index (χ1n) is 10.9. The minimum Gasteiger partial charge on any atom is -0.404 e. The van der Waals surface area contributed by atoms with Crippen LogP contribution in [0.4, 0.5) is 13.2 Å². The first-order valence-corrected chi connectivity index (χ1v) is 11.7. The number of nitrogens with two attached hydrogens (primary N) is 1. The van der Waals surface area contributed by atoms with E-state index in [1.54, 1.807) is 6.21 Å². The number of likely N-dealkylation sites (tertiary alicyclic amines) is 1. The van der Waals surface area contributed by atoms with Gasteiger partial charge in [0.05, 0.1) is 25.4 Å². The van der Waals surface area contributed by atoms with Crippen LogP contribution in [0.15, 0.2) is 16.8 Å². The number of hydrogen-bond donors (Lipinski definition) is 4. The molecule has 2 aliphatic rings. The summed E-state index contributed by atoms with van der Waals surface area (Å²) >= 11 is 0.709. The number of rotatable bonds is 7. The Morgan fingerprint density at radius 3 is 2.55 bits per heavy atom. The van der Waals surface area contributed by atoms with Crippen molar-refractivity contribution in [2.75, 3.05) is 32.8 Å². The SMILES string of the molecule is CC(C)(O)C(O)CN=C/C(=C\N)CN1CCC2(CC1)OCCc1c2sc(C(F)(F)F)c1CO. The zero-order valence-electron chi connectivity index (χ0n) is 18.9. The largest absolute Gasteiger partial charge is 0.425 e. The van der Waals surface area contributed by atoms with Crippen molar-refractivity contribution in [2.24, 2.45) is 10.7 Å². The van der Waals surface area contributed by atoms with E-state index in [-0.39, 0.29) is 12.1 Å². The molecule has 5 N–H and O–H groups in total. The highest BCUT2D eigenvalue weighted by atomic mass is 32.1. The van der Waals surface area contributed by atoms with E-state index in [1.165, 1.54) is 20.0 Å². The van der Waals surface area contributed by atoms with Gasteiger partial charge in [-0.1, -0.05) is 0 Å². The van der Waals surface area contributed by atoms with Crippen molar-refractivity contribution in [1.29, 1.82) is 0 Å². The van der Waals surface area contributed by atoms with Gasteiger partial charge >= 0.3 is 6.18 Å². The van der Waals surface area contributed by atoms with Gasteiger partial charge in [0.1, 0.15) is 16.6 Å². The Kier molecular flexibility index (Phi) is 7.92. The predicted octanol–water partition coefficient (Wildman–Crippen LogP) is 2.17. The molecule has 11 heteroatoms. The summed E-state index contributed by atoms with van der Waals surface area (Å²) in [7, 11) is 0. The summed E-state index contributed by atoms with van der Waals surface area (Å²) in [5.41, 5.74) is 5.02. The second-order valence-electron chi connectivity index (χ2n) is 9.15. The number of alkyl halides is 3. The maximum Gasteiger partial charge on any atom is 0.425 e. The molecule has 1 spiro atoms. The summed E-state index contributed by atoms with van der Waals surface area (Å²) < 4.78 is 46.7. The van der Waals surface area contributed by atoms with Crippen LogP contribution in [0, 0.1) is 0 Å². The number of nitrogens with zero attached hydrogens (tertiary/aromatic N) is 2. The zero-order chi connectivity index (χ0) is 24.4. The lowest BCUT2D eigenvalue weighted by Crippen LogP contribution is -2.46. The molecule has 0 aliphatic carbocycles. The van der Waals surface area contributed by atoms with E-state index in [1.807, 2.05) is 0 Å². The molecule has 0 saturated carbocycles. The van der Waals surface area contributed by atoms with Crippen LogP contribution in [0.2, 0.25) is 0 Å². The molecule has 1 atom stereocenters. The van der Waals surface area contributed by atoms with Crippen molar-refractivity contribution in [3.05, 3.63) is 32.7 Å². The molecule has 1 saturated heterocycles. The highest BCUT2D eigenvalue weighted by Crippen LogP contribution is 2.50. The van der Waals surface area contributed by atoms with Gasteiger partial charge in [0.15, 0.2) is 0 Å². The molecular weight excluding hydrogens is 459 g/mol. The third-order valence-corrected chi connectivity index (χ3v) is 7.82. The molecule has 0 bridgehead atoms.